The third kappa shape index (κ3) is 1.98. The van der Waals surface area contributed by atoms with Crippen molar-refractivity contribution in [1.82, 2.24) is 19.6 Å². The highest BCUT2D eigenvalue weighted by Gasteiger charge is 2.18. The van der Waals surface area contributed by atoms with Gasteiger partial charge in [-0.3, -0.25) is 4.40 Å². The van der Waals surface area contributed by atoms with Gasteiger partial charge in [-0.2, -0.15) is 0 Å². The number of likely N-dealkylation sites (N-methyl/N-ethyl adjacent to an activating group) is 1. The van der Waals surface area contributed by atoms with Crippen LogP contribution in [0.4, 0.5) is 0 Å². The van der Waals surface area contributed by atoms with Crippen LogP contribution >= 0.6 is 11.3 Å². The Labute approximate surface area is 98.9 Å². The molecule has 2 aromatic heterocycles. The number of imidazole rings is 1. The number of thiazole rings is 1. The predicted molar refractivity (Wildman–Crippen MR) is 65.8 cm³/mol. The molecule has 0 aliphatic carbocycles. The van der Waals surface area contributed by atoms with Crippen LogP contribution in [0.1, 0.15) is 12.1 Å². The highest BCUT2D eigenvalue weighted by Crippen LogP contribution is 2.12. The molecule has 1 N–H and O–H groups in total. The van der Waals surface area contributed by atoms with Crippen LogP contribution in [-0.2, 0) is 6.54 Å². The third-order valence-electron chi connectivity index (χ3n) is 3.11. The zero-order valence-electron chi connectivity index (χ0n) is 9.39. The first-order valence-electron chi connectivity index (χ1n) is 5.64. The van der Waals surface area contributed by atoms with Crippen LogP contribution in [0.5, 0.6) is 0 Å². The fourth-order valence-electron chi connectivity index (χ4n) is 2.21. The molecule has 1 aliphatic heterocycles. The Morgan fingerprint density at radius 2 is 2.56 bits per heavy atom. The van der Waals surface area contributed by atoms with E-state index in [2.05, 4.69) is 44.4 Å². The van der Waals surface area contributed by atoms with E-state index in [0.717, 1.165) is 23.7 Å². The number of rotatable bonds is 3. The number of likely N-dealkylation sites (tertiary alicyclic amines) is 1. The molecule has 0 radical (unpaired) electrons. The molecule has 3 rings (SSSR count). The molecule has 0 spiro atoms. The van der Waals surface area contributed by atoms with Crippen LogP contribution in [0.25, 0.3) is 4.96 Å². The first-order valence-corrected chi connectivity index (χ1v) is 6.52. The summed E-state index contributed by atoms with van der Waals surface area (Å²) >= 11 is 1.68. The lowest BCUT2D eigenvalue weighted by atomic mass is 10.2. The second kappa shape index (κ2) is 4.16. The average Bonchev–Trinajstić information content (AvgIpc) is 2.89. The molecular weight excluding hydrogens is 220 g/mol. The molecule has 0 bridgehead atoms. The minimum Gasteiger partial charge on any atom is -0.307 e. The van der Waals surface area contributed by atoms with Crippen molar-refractivity contribution in [2.45, 2.75) is 19.0 Å². The molecule has 4 nitrogen and oxygen atoms in total. The number of aromatic nitrogens is 2. The number of hydrogen-bond acceptors (Lipinski definition) is 4. The molecule has 1 saturated heterocycles. The van der Waals surface area contributed by atoms with Gasteiger partial charge in [-0.25, -0.2) is 4.98 Å². The van der Waals surface area contributed by atoms with Crippen molar-refractivity contribution in [3.05, 3.63) is 23.5 Å². The van der Waals surface area contributed by atoms with Crippen LogP contribution in [0, 0.1) is 0 Å². The summed E-state index contributed by atoms with van der Waals surface area (Å²) in [7, 11) is 2.17. The van der Waals surface area contributed by atoms with Crippen molar-refractivity contribution in [2.75, 3.05) is 20.1 Å². The van der Waals surface area contributed by atoms with Gasteiger partial charge in [0.25, 0.3) is 0 Å². The van der Waals surface area contributed by atoms with E-state index in [4.69, 9.17) is 0 Å². The maximum absolute atomic E-state index is 4.56. The summed E-state index contributed by atoms with van der Waals surface area (Å²) in [6, 6.07) is 0.629. The minimum absolute atomic E-state index is 0.629. The van der Waals surface area contributed by atoms with E-state index in [-0.39, 0.29) is 0 Å². The first-order chi connectivity index (χ1) is 7.81. The maximum Gasteiger partial charge on any atom is 0.193 e. The molecule has 1 atom stereocenters. The fourth-order valence-corrected chi connectivity index (χ4v) is 2.93. The fraction of sp³-hybridized carbons (Fsp3) is 0.545. The summed E-state index contributed by atoms with van der Waals surface area (Å²) in [5.41, 5.74) is 1.14. The summed E-state index contributed by atoms with van der Waals surface area (Å²) < 4.78 is 2.09. The SMILES string of the molecule is CN1CCC(NCc2cn3ccsc3n2)C1. The molecule has 5 heteroatoms. The molecule has 1 unspecified atom stereocenters. The quantitative estimate of drug-likeness (QED) is 0.869. The second-order valence-electron chi connectivity index (χ2n) is 4.45. The molecule has 1 aliphatic rings. The lowest BCUT2D eigenvalue weighted by molar-refractivity contribution is 0.397. The molecule has 0 aromatic carbocycles. The first kappa shape index (κ1) is 10.3. The van der Waals surface area contributed by atoms with E-state index in [1.165, 1.54) is 13.0 Å². The Bertz CT molecular complexity index is 446. The lowest BCUT2D eigenvalue weighted by Gasteiger charge is -2.11. The minimum atomic E-state index is 0.629. The van der Waals surface area contributed by atoms with Gasteiger partial charge >= 0.3 is 0 Å². The highest BCUT2D eigenvalue weighted by atomic mass is 32.1. The normalized spacial score (nSPS) is 22.2. The summed E-state index contributed by atoms with van der Waals surface area (Å²) in [6.45, 7) is 3.24. The van der Waals surface area contributed by atoms with E-state index in [9.17, 15) is 0 Å². The van der Waals surface area contributed by atoms with Gasteiger partial charge in [0.1, 0.15) is 0 Å². The van der Waals surface area contributed by atoms with Gasteiger partial charge in [0.05, 0.1) is 5.69 Å². The van der Waals surface area contributed by atoms with Gasteiger partial charge in [0.2, 0.25) is 0 Å². The van der Waals surface area contributed by atoms with Gasteiger partial charge in [-0.1, -0.05) is 0 Å². The van der Waals surface area contributed by atoms with Gasteiger partial charge in [-0.05, 0) is 20.0 Å². The van der Waals surface area contributed by atoms with Gasteiger partial charge in [-0.15, -0.1) is 11.3 Å². The molecule has 3 heterocycles. The monoisotopic (exact) mass is 236 g/mol. The molecule has 86 valence electrons. The topological polar surface area (TPSA) is 32.6 Å². The van der Waals surface area contributed by atoms with Crippen molar-refractivity contribution in [2.24, 2.45) is 0 Å². The standard InChI is InChI=1S/C11H16N4S/c1-14-3-2-9(7-14)12-6-10-8-15-4-5-16-11(15)13-10/h4-5,8-9,12H,2-3,6-7H2,1H3. The van der Waals surface area contributed by atoms with Crippen molar-refractivity contribution in [3.8, 4) is 0 Å². The Morgan fingerprint density at radius 3 is 3.31 bits per heavy atom. The van der Waals surface area contributed by atoms with Crippen LogP contribution in [0.15, 0.2) is 17.8 Å². The Kier molecular flexibility index (Phi) is 2.67. The van der Waals surface area contributed by atoms with E-state index in [0.29, 0.717) is 6.04 Å². The number of fused-ring (bicyclic) bond motifs is 1. The zero-order valence-corrected chi connectivity index (χ0v) is 10.2. The van der Waals surface area contributed by atoms with E-state index < -0.39 is 0 Å². The second-order valence-corrected chi connectivity index (χ2v) is 5.33. The van der Waals surface area contributed by atoms with E-state index >= 15 is 0 Å². The van der Waals surface area contributed by atoms with Crippen LogP contribution in [0.2, 0.25) is 0 Å². The van der Waals surface area contributed by atoms with Crippen molar-refractivity contribution in [1.29, 1.82) is 0 Å². The lowest BCUT2D eigenvalue weighted by Crippen LogP contribution is -2.31. The zero-order chi connectivity index (χ0) is 11.0. The van der Waals surface area contributed by atoms with Gasteiger partial charge in [0.15, 0.2) is 4.96 Å². The summed E-state index contributed by atoms with van der Waals surface area (Å²) in [5.74, 6) is 0. The largest absolute Gasteiger partial charge is 0.307 e. The summed E-state index contributed by atoms with van der Waals surface area (Å²) in [5, 5.41) is 5.63. The van der Waals surface area contributed by atoms with Crippen LogP contribution in [0.3, 0.4) is 0 Å². The predicted octanol–water partition coefficient (Wildman–Crippen LogP) is 1.19. The Morgan fingerprint density at radius 1 is 1.62 bits per heavy atom. The Hall–Kier alpha value is -0.910. The van der Waals surface area contributed by atoms with Crippen LogP contribution in [-0.4, -0.2) is 40.5 Å². The molecule has 1 fully saturated rings. The number of hydrogen-bond donors (Lipinski definition) is 1. The third-order valence-corrected chi connectivity index (χ3v) is 3.88. The molecule has 16 heavy (non-hydrogen) atoms. The molecule has 0 saturated carbocycles. The molecular formula is C11H16N4S. The van der Waals surface area contributed by atoms with Gasteiger partial charge in [0, 0.05) is 36.9 Å². The molecule has 2 aromatic rings. The van der Waals surface area contributed by atoms with Crippen molar-refractivity contribution >= 4 is 16.3 Å². The summed E-state index contributed by atoms with van der Waals surface area (Å²) in [4.78, 5) is 8.01. The molecule has 0 amide bonds. The van der Waals surface area contributed by atoms with E-state index in [1.54, 1.807) is 11.3 Å². The van der Waals surface area contributed by atoms with Gasteiger partial charge < -0.3 is 10.2 Å². The maximum atomic E-state index is 4.56. The number of nitrogens with one attached hydrogen (secondary N) is 1. The Balaban J connectivity index is 1.60. The number of nitrogens with zero attached hydrogens (tertiary/aromatic N) is 3. The van der Waals surface area contributed by atoms with Crippen molar-refractivity contribution < 1.29 is 0 Å². The smallest absolute Gasteiger partial charge is 0.193 e. The average molecular weight is 236 g/mol. The van der Waals surface area contributed by atoms with E-state index in [1.807, 2.05) is 0 Å². The van der Waals surface area contributed by atoms with Crippen molar-refractivity contribution in [3.63, 3.8) is 0 Å². The summed E-state index contributed by atoms with van der Waals surface area (Å²) in [6.07, 6.45) is 5.41. The van der Waals surface area contributed by atoms with Crippen LogP contribution < -0.4 is 5.32 Å². The highest BCUT2D eigenvalue weighted by molar-refractivity contribution is 7.15.